The van der Waals surface area contributed by atoms with E-state index in [1.165, 1.54) is 17.0 Å². The van der Waals surface area contributed by atoms with Crippen LogP contribution in [0.4, 0.5) is 5.69 Å². The lowest BCUT2D eigenvalue weighted by molar-refractivity contribution is -0.140. The second-order valence-electron chi connectivity index (χ2n) is 11.2. The van der Waals surface area contributed by atoms with Crippen molar-refractivity contribution in [3.8, 4) is 0 Å². The molecule has 2 atom stereocenters. The first kappa shape index (κ1) is 32.5. The van der Waals surface area contributed by atoms with E-state index in [1.807, 2.05) is 94.4 Å². The molecule has 4 aromatic rings. The summed E-state index contributed by atoms with van der Waals surface area (Å²) in [5, 5.41) is 3.07. The topological polar surface area (TPSA) is 86.8 Å². The first-order chi connectivity index (χ1) is 21.1. The lowest BCUT2D eigenvalue weighted by atomic mass is 10.0. The molecule has 0 radical (unpaired) electrons. The summed E-state index contributed by atoms with van der Waals surface area (Å²) < 4.78 is 29.2. The van der Waals surface area contributed by atoms with Crippen molar-refractivity contribution in [1.82, 2.24) is 10.2 Å². The van der Waals surface area contributed by atoms with Gasteiger partial charge in [0.15, 0.2) is 0 Å². The minimum Gasteiger partial charge on any atom is -0.352 e. The highest BCUT2D eigenvalue weighted by atomic mass is 32.2. The van der Waals surface area contributed by atoms with Crippen molar-refractivity contribution in [2.24, 2.45) is 0 Å². The molecule has 0 unspecified atom stereocenters. The van der Waals surface area contributed by atoms with E-state index in [2.05, 4.69) is 5.32 Å². The van der Waals surface area contributed by atoms with Crippen LogP contribution >= 0.6 is 0 Å². The molecule has 0 aromatic heterocycles. The van der Waals surface area contributed by atoms with Gasteiger partial charge in [-0.05, 0) is 62.6 Å². The van der Waals surface area contributed by atoms with Gasteiger partial charge in [-0.3, -0.25) is 13.9 Å². The van der Waals surface area contributed by atoms with Gasteiger partial charge in [-0.25, -0.2) is 8.42 Å². The maximum absolute atomic E-state index is 14.5. The van der Waals surface area contributed by atoms with Crippen molar-refractivity contribution in [3.63, 3.8) is 0 Å². The fourth-order valence-electron chi connectivity index (χ4n) is 4.96. The maximum Gasteiger partial charge on any atom is 0.264 e. The van der Waals surface area contributed by atoms with Crippen LogP contribution in [-0.2, 0) is 32.6 Å². The van der Waals surface area contributed by atoms with Crippen LogP contribution in [0.25, 0.3) is 0 Å². The van der Waals surface area contributed by atoms with Crippen molar-refractivity contribution >= 4 is 27.5 Å². The van der Waals surface area contributed by atoms with Gasteiger partial charge in [-0.2, -0.15) is 0 Å². The van der Waals surface area contributed by atoms with E-state index in [9.17, 15) is 18.0 Å². The standard InChI is InChI=1S/C36H41N3O4S/c1-5-29(4)37-36(41)34(24-30-14-8-6-9-15-30)38(25-31-16-12-13-28(3)23-31)35(40)26-39(32-21-19-27(2)20-22-32)44(42,43)33-17-10-7-11-18-33/h6-23,29,34H,5,24-26H2,1-4H3,(H,37,41)/t29-,34+/m1/s1. The van der Waals surface area contributed by atoms with E-state index in [1.54, 1.807) is 30.3 Å². The average Bonchev–Trinajstić information content (AvgIpc) is 3.02. The van der Waals surface area contributed by atoms with Crippen LogP contribution < -0.4 is 9.62 Å². The molecular weight excluding hydrogens is 570 g/mol. The second kappa shape index (κ2) is 14.8. The van der Waals surface area contributed by atoms with Crippen LogP contribution in [0.15, 0.2) is 114 Å². The number of rotatable bonds is 13. The third-order valence-corrected chi connectivity index (χ3v) is 9.43. The molecule has 0 aliphatic carbocycles. The Morgan fingerprint density at radius 2 is 1.39 bits per heavy atom. The first-order valence-corrected chi connectivity index (χ1v) is 16.4. The zero-order chi connectivity index (χ0) is 31.7. The minimum absolute atomic E-state index is 0.0777. The average molecular weight is 612 g/mol. The van der Waals surface area contributed by atoms with Crippen LogP contribution in [0.1, 0.15) is 42.5 Å². The van der Waals surface area contributed by atoms with Gasteiger partial charge in [0.25, 0.3) is 10.0 Å². The van der Waals surface area contributed by atoms with Gasteiger partial charge in [-0.15, -0.1) is 0 Å². The summed E-state index contributed by atoms with van der Waals surface area (Å²) in [4.78, 5) is 30.0. The monoisotopic (exact) mass is 611 g/mol. The number of sulfonamides is 1. The molecule has 230 valence electrons. The van der Waals surface area contributed by atoms with Gasteiger partial charge in [0.05, 0.1) is 10.6 Å². The Balaban J connectivity index is 1.80. The molecule has 0 aliphatic heterocycles. The smallest absolute Gasteiger partial charge is 0.264 e. The molecule has 0 heterocycles. The molecule has 7 nitrogen and oxygen atoms in total. The number of hydrogen-bond donors (Lipinski definition) is 1. The SMILES string of the molecule is CC[C@@H](C)NC(=O)[C@H](Cc1ccccc1)N(Cc1cccc(C)c1)C(=O)CN(c1ccc(C)cc1)S(=O)(=O)c1ccccc1. The Kier molecular flexibility index (Phi) is 11.0. The number of hydrogen-bond acceptors (Lipinski definition) is 4. The zero-order valence-corrected chi connectivity index (χ0v) is 26.6. The molecule has 1 N–H and O–H groups in total. The van der Waals surface area contributed by atoms with Gasteiger partial charge in [0, 0.05) is 19.0 Å². The minimum atomic E-state index is -4.12. The fourth-order valence-corrected chi connectivity index (χ4v) is 6.40. The Morgan fingerprint density at radius 1 is 0.773 bits per heavy atom. The van der Waals surface area contributed by atoms with Crippen LogP contribution in [0.3, 0.4) is 0 Å². The normalized spacial score (nSPS) is 12.6. The molecule has 4 rings (SSSR count). The third-order valence-electron chi connectivity index (χ3n) is 7.64. The van der Waals surface area contributed by atoms with Crippen molar-refractivity contribution in [1.29, 1.82) is 0 Å². The summed E-state index contributed by atoms with van der Waals surface area (Å²) in [7, 11) is -4.12. The summed E-state index contributed by atoms with van der Waals surface area (Å²) in [5.74, 6) is -0.760. The molecule has 0 fully saturated rings. The highest BCUT2D eigenvalue weighted by Gasteiger charge is 2.35. The molecule has 8 heteroatoms. The number of nitrogens with zero attached hydrogens (tertiary/aromatic N) is 2. The number of anilines is 1. The van der Waals surface area contributed by atoms with Gasteiger partial charge in [-0.1, -0.05) is 103 Å². The summed E-state index contributed by atoms with van der Waals surface area (Å²) in [5.41, 5.74) is 4.09. The maximum atomic E-state index is 14.5. The highest BCUT2D eigenvalue weighted by Crippen LogP contribution is 2.25. The van der Waals surface area contributed by atoms with E-state index < -0.39 is 28.5 Å². The van der Waals surface area contributed by atoms with Crippen molar-refractivity contribution < 1.29 is 18.0 Å². The van der Waals surface area contributed by atoms with Gasteiger partial charge in [0.1, 0.15) is 12.6 Å². The predicted molar refractivity (Wildman–Crippen MR) is 176 cm³/mol. The van der Waals surface area contributed by atoms with Crippen LogP contribution in [0, 0.1) is 13.8 Å². The molecule has 0 bridgehead atoms. The number of carbonyl (C=O) groups is 2. The van der Waals surface area contributed by atoms with E-state index in [4.69, 9.17) is 0 Å². The van der Waals surface area contributed by atoms with E-state index in [0.717, 1.165) is 33.0 Å². The number of carbonyl (C=O) groups excluding carboxylic acids is 2. The van der Waals surface area contributed by atoms with E-state index in [-0.39, 0.29) is 29.8 Å². The van der Waals surface area contributed by atoms with Crippen LogP contribution in [0.5, 0.6) is 0 Å². The van der Waals surface area contributed by atoms with Crippen molar-refractivity contribution in [2.75, 3.05) is 10.8 Å². The van der Waals surface area contributed by atoms with E-state index in [0.29, 0.717) is 5.69 Å². The Morgan fingerprint density at radius 3 is 2.00 bits per heavy atom. The Bertz CT molecular complexity index is 1640. The van der Waals surface area contributed by atoms with Gasteiger partial charge < -0.3 is 10.2 Å². The number of aryl methyl sites for hydroxylation is 2. The molecule has 0 spiro atoms. The summed E-state index contributed by atoms with van der Waals surface area (Å²) >= 11 is 0. The zero-order valence-electron chi connectivity index (χ0n) is 25.8. The molecule has 0 saturated heterocycles. The van der Waals surface area contributed by atoms with Crippen LogP contribution in [0.2, 0.25) is 0 Å². The molecule has 0 saturated carbocycles. The summed E-state index contributed by atoms with van der Waals surface area (Å²) in [6, 6.07) is 31.5. The lowest BCUT2D eigenvalue weighted by Gasteiger charge is -2.34. The van der Waals surface area contributed by atoms with Crippen molar-refractivity contribution in [2.45, 2.75) is 64.1 Å². The second-order valence-corrected chi connectivity index (χ2v) is 13.1. The molecule has 0 aliphatic rings. The summed E-state index contributed by atoms with van der Waals surface area (Å²) in [6.07, 6.45) is 1.00. The van der Waals surface area contributed by atoms with E-state index >= 15 is 0 Å². The number of nitrogens with one attached hydrogen (secondary N) is 1. The van der Waals surface area contributed by atoms with Crippen LogP contribution in [-0.4, -0.2) is 43.8 Å². The Labute approximate surface area is 261 Å². The first-order valence-electron chi connectivity index (χ1n) is 14.9. The fraction of sp³-hybridized carbons (Fsp3) is 0.278. The molecular formula is C36H41N3O4S. The number of amides is 2. The third kappa shape index (κ3) is 8.35. The van der Waals surface area contributed by atoms with Gasteiger partial charge in [0.2, 0.25) is 11.8 Å². The number of benzene rings is 4. The molecule has 4 aromatic carbocycles. The molecule has 2 amide bonds. The van der Waals surface area contributed by atoms with Gasteiger partial charge >= 0.3 is 0 Å². The van der Waals surface area contributed by atoms with Crippen molar-refractivity contribution in [3.05, 3.63) is 131 Å². The Hall–Kier alpha value is -4.43. The highest BCUT2D eigenvalue weighted by molar-refractivity contribution is 7.92. The quantitative estimate of drug-likeness (QED) is 0.199. The lowest BCUT2D eigenvalue weighted by Crippen LogP contribution is -2.54. The predicted octanol–water partition coefficient (Wildman–Crippen LogP) is 6.05. The molecule has 44 heavy (non-hydrogen) atoms. The largest absolute Gasteiger partial charge is 0.352 e. The summed E-state index contributed by atoms with van der Waals surface area (Å²) in [6.45, 7) is 7.46.